The first-order chi connectivity index (χ1) is 15.3. The van der Waals surface area contributed by atoms with Crippen molar-refractivity contribution < 1.29 is 9.21 Å². The lowest BCUT2D eigenvalue weighted by Gasteiger charge is -2.31. The molecule has 1 aliphatic carbocycles. The Labute approximate surface area is 182 Å². The normalized spacial score (nSPS) is 13.4. The van der Waals surface area contributed by atoms with E-state index in [1.54, 1.807) is 6.26 Å². The second-order valence-electron chi connectivity index (χ2n) is 8.10. The Balaban J connectivity index is 1.52. The van der Waals surface area contributed by atoms with Gasteiger partial charge in [0.15, 0.2) is 0 Å². The topological polar surface area (TPSA) is 42.2 Å². The zero-order valence-electron chi connectivity index (χ0n) is 17.4. The molecule has 1 N–H and O–H groups in total. The highest BCUT2D eigenvalue weighted by atomic mass is 16.3. The summed E-state index contributed by atoms with van der Waals surface area (Å²) in [5, 5.41) is 3.17. The van der Waals surface area contributed by atoms with E-state index in [1.807, 2.05) is 30.3 Å². The summed E-state index contributed by atoms with van der Waals surface area (Å²) < 4.78 is 5.44. The number of furan rings is 1. The van der Waals surface area contributed by atoms with Gasteiger partial charge in [-0.2, -0.15) is 0 Å². The van der Waals surface area contributed by atoms with Crippen molar-refractivity contribution in [3.63, 3.8) is 0 Å². The van der Waals surface area contributed by atoms with Crippen molar-refractivity contribution in [2.45, 2.75) is 31.2 Å². The van der Waals surface area contributed by atoms with Gasteiger partial charge in [0.2, 0.25) is 5.91 Å². The Morgan fingerprint density at radius 3 is 2.06 bits per heavy atom. The van der Waals surface area contributed by atoms with E-state index >= 15 is 0 Å². The summed E-state index contributed by atoms with van der Waals surface area (Å²) in [5.74, 6) is 0.793. The van der Waals surface area contributed by atoms with E-state index < -0.39 is 5.41 Å². The Bertz CT molecular complexity index is 1130. The van der Waals surface area contributed by atoms with E-state index in [4.69, 9.17) is 4.42 Å². The fraction of sp³-hybridized carbons (Fsp3) is 0.179. The van der Waals surface area contributed by atoms with Crippen LogP contribution in [0.3, 0.4) is 0 Å². The average Bonchev–Trinajstić information content (AvgIpc) is 3.44. The molecule has 3 nitrogen and oxygen atoms in total. The van der Waals surface area contributed by atoms with Crippen LogP contribution in [0, 0.1) is 0 Å². The number of carbonyl (C=O) groups excluding carboxylic acids is 1. The number of amides is 1. The first-order valence-electron chi connectivity index (χ1n) is 10.8. The molecule has 1 heterocycles. The van der Waals surface area contributed by atoms with Crippen molar-refractivity contribution in [3.05, 3.63) is 120 Å². The molecule has 0 aliphatic heterocycles. The molecule has 5 rings (SSSR count). The molecule has 0 radical (unpaired) electrons. The van der Waals surface area contributed by atoms with Crippen molar-refractivity contribution in [1.82, 2.24) is 5.32 Å². The van der Waals surface area contributed by atoms with Gasteiger partial charge in [-0.05, 0) is 59.2 Å². The third-order valence-electron chi connectivity index (χ3n) is 6.31. The molecule has 31 heavy (non-hydrogen) atoms. The summed E-state index contributed by atoms with van der Waals surface area (Å²) in [4.78, 5) is 13.9. The first kappa shape index (κ1) is 19.4. The smallest absolute Gasteiger partial charge is 0.235 e. The van der Waals surface area contributed by atoms with Crippen molar-refractivity contribution in [2.75, 3.05) is 0 Å². The molecule has 1 amide bonds. The van der Waals surface area contributed by atoms with Crippen LogP contribution in [0.4, 0.5) is 0 Å². The van der Waals surface area contributed by atoms with Gasteiger partial charge in [-0.15, -0.1) is 0 Å². The standard InChI is InChI=1S/C28H25NO2/c30-27(29-20-22-13-9-19-31-22)28(18-8-12-21-10-2-1-3-11-21)25-16-6-4-14-23(25)24-15-5-7-17-26(24)28/h1-7,9-11,13-17,19H,8,12,18,20H2,(H,29,30). The summed E-state index contributed by atoms with van der Waals surface area (Å²) in [6.45, 7) is 0.386. The fourth-order valence-electron chi connectivity index (χ4n) is 4.89. The quantitative estimate of drug-likeness (QED) is 0.415. The molecule has 4 aromatic rings. The van der Waals surface area contributed by atoms with Gasteiger partial charge in [0.1, 0.15) is 11.2 Å². The van der Waals surface area contributed by atoms with Crippen LogP contribution >= 0.6 is 0 Å². The van der Waals surface area contributed by atoms with Crippen molar-refractivity contribution in [1.29, 1.82) is 0 Å². The van der Waals surface area contributed by atoms with Crippen LogP contribution in [0.5, 0.6) is 0 Å². The second-order valence-corrected chi connectivity index (χ2v) is 8.10. The van der Waals surface area contributed by atoms with Gasteiger partial charge >= 0.3 is 0 Å². The number of hydrogen-bond donors (Lipinski definition) is 1. The predicted octanol–water partition coefficient (Wildman–Crippen LogP) is 5.89. The fourth-order valence-corrected chi connectivity index (χ4v) is 4.89. The average molecular weight is 408 g/mol. The molecule has 0 saturated carbocycles. The number of hydrogen-bond acceptors (Lipinski definition) is 2. The molecule has 0 bridgehead atoms. The van der Waals surface area contributed by atoms with Gasteiger partial charge in [-0.3, -0.25) is 4.79 Å². The van der Waals surface area contributed by atoms with Crippen molar-refractivity contribution in [2.24, 2.45) is 0 Å². The van der Waals surface area contributed by atoms with Crippen LogP contribution in [-0.4, -0.2) is 5.91 Å². The third-order valence-corrected chi connectivity index (χ3v) is 6.31. The number of carbonyl (C=O) groups is 1. The SMILES string of the molecule is O=C(NCc1ccco1)C1(CCCc2ccccc2)c2ccccc2-c2ccccc21. The molecule has 0 spiro atoms. The predicted molar refractivity (Wildman–Crippen MR) is 123 cm³/mol. The maximum absolute atomic E-state index is 13.9. The van der Waals surface area contributed by atoms with Gasteiger partial charge < -0.3 is 9.73 Å². The maximum Gasteiger partial charge on any atom is 0.235 e. The molecule has 3 aromatic carbocycles. The zero-order chi connectivity index (χ0) is 21.1. The van der Waals surface area contributed by atoms with Crippen LogP contribution in [0.1, 0.15) is 35.3 Å². The molecule has 1 aliphatic rings. The van der Waals surface area contributed by atoms with Gasteiger partial charge in [-0.1, -0.05) is 78.9 Å². The Morgan fingerprint density at radius 2 is 1.42 bits per heavy atom. The minimum atomic E-state index is -0.700. The molecule has 154 valence electrons. The lowest BCUT2D eigenvalue weighted by Crippen LogP contribution is -2.44. The van der Waals surface area contributed by atoms with Crippen molar-refractivity contribution in [3.8, 4) is 11.1 Å². The molecule has 3 heteroatoms. The lowest BCUT2D eigenvalue weighted by molar-refractivity contribution is -0.125. The molecule has 0 atom stereocenters. The Morgan fingerprint density at radius 1 is 0.774 bits per heavy atom. The molecule has 0 saturated heterocycles. The number of aryl methyl sites for hydroxylation is 1. The number of rotatable bonds is 7. The molecular weight excluding hydrogens is 382 g/mol. The number of fused-ring (bicyclic) bond motifs is 3. The van der Waals surface area contributed by atoms with E-state index in [9.17, 15) is 4.79 Å². The molecule has 1 aromatic heterocycles. The molecular formula is C28H25NO2. The Kier molecular flexibility index (Phi) is 5.17. The van der Waals surface area contributed by atoms with Crippen LogP contribution in [0.2, 0.25) is 0 Å². The van der Waals surface area contributed by atoms with E-state index in [0.29, 0.717) is 6.54 Å². The maximum atomic E-state index is 13.9. The highest BCUT2D eigenvalue weighted by molar-refractivity contribution is 6.00. The van der Waals surface area contributed by atoms with Crippen LogP contribution in [-0.2, 0) is 23.2 Å². The van der Waals surface area contributed by atoms with Gasteiger partial charge in [0.05, 0.1) is 12.8 Å². The minimum absolute atomic E-state index is 0.0364. The number of benzene rings is 3. The summed E-state index contributed by atoms with van der Waals surface area (Å²) in [6.07, 6.45) is 4.25. The van der Waals surface area contributed by atoms with E-state index in [1.165, 1.54) is 5.56 Å². The first-order valence-corrected chi connectivity index (χ1v) is 10.8. The molecule has 0 unspecified atom stereocenters. The van der Waals surface area contributed by atoms with E-state index in [-0.39, 0.29) is 5.91 Å². The van der Waals surface area contributed by atoms with E-state index in [2.05, 4.69) is 66.0 Å². The van der Waals surface area contributed by atoms with Crippen molar-refractivity contribution >= 4 is 5.91 Å². The molecule has 0 fully saturated rings. The largest absolute Gasteiger partial charge is 0.467 e. The van der Waals surface area contributed by atoms with Gasteiger partial charge in [0.25, 0.3) is 0 Å². The third kappa shape index (κ3) is 3.46. The van der Waals surface area contributed by atoms with Gasteiger partial charge in [0, 0.05) is 0 Å². The highest BCUT2D eigenvalue weighted by Gasteiger charge is 2.48. The number of nitrogens with one attached hydrogen (secondary N) is 1. The van der Waals surface area contributed by atoms with Crippen LogP contribution < -0.4 is 5.32 Å². The summed E-state index contributed by atoms with van der Waals surface area (Å²) in [7, 11) is 0. The lowest BCUT2D eigenvalue weighted by atomic mass is 9.73. The monoisotopic (exact) mass is 407 g/mol. The van der Waals surface area contributed by atoms with Crippen LogP contribution in [0.15, 0.2) is 102 Å². The Hall–Kier alpha value is -3.59. The van der Waals surface area contributed by atoms with E-state index in [0.717, 1.165) is 47.3 Å². The zero-order valence-corrected chi connectivity index (χ0v) is 17.4. The van der Waals surface area contributed by atoms with Gasteiger partial charge in [-0.25, -0.2) is 0 Å². The summed E-state index contributed by atoms with van der Waals surface area (Å²) >= 11 is 0. The van der Waals surface area contributed by atoms with Crippen LogP contribution in [0.25, 0.3) is 11.1 Å². The minimum Gasteiger partial charge on any atom is -0.467 e. The summed E-state index contributed by atoms with van der Waals surface area (Å²) in [6, 6.07) is 30.9. The second kappa shape index (κ2) is 8.27. The highest BCUT2D eigenvalue weighted by Crippen LogP contribution is 2.51. The summed E-state index contributed by atoms with van der Waals surface area (Å²) in [5.41, 5.74) is 5.11.